The molecule has 0 saturated carbocycles. The lowest BCUT2D eigenvalue weighted by molar-refractivity contribution is -0.155. The van der Waals surface area contributed by atoms with Crippen molar-refractivity contribution in [2.45, 2.75) is 38.8 Å². The van der Waals surface area contributed by atoms with Gasteiger partial charge in [0.1, 0.15) is 11.6 Å². The van der Waals surface area contributed by atoms with Crippen LogP contribution in [0.2, 0.25) is 0 Å². The lowest BCUT2D eigenvalue weighted by Crippen LogP contribution is -2.38. The van der Waals surface area contributed by atoms with E-state index in [1.165, 1.54) is 0 Å². The van der Waals surface area contributed by atoms with Gasteiger partial charge < -0.3 is 10.5 Å². The number of halogens is 1. The highest BCUT2D eigenvalue weighted by Crippen LogP contribution is 2.23. The van der Waals surface area contributed by atoms with E-state index in [0.717, 1.165) is 17.5 Å². The fourth-order valence-electron chi connectivity index (χ4n) is 0.739. The quantitative estimate of drug-likeness (QED) is 0.337. The van der Waals surface area contributed by atoms with E-state index in [2.05, 4.69) is 15.9 Å². The van der Waals surface area contributed by atoms with E-state index in [1.807, 2.05) is 20.8 Å². The molecule has 0 aliphatic heterocycles. The molecule has 0 bridgehead atoms. The third kappa shape index (κ3) is 9.81. The van der Waals surface area contributed by atoms with Gasteiger partial charge >= 0.3 is 5.97 Å². The standard InChI is InChI=1S/C10H20BrNO2S2/c1-10(2,3)14-9(13)8(12)7-16-15-6-4-5-11/h8H,4-7,12H2,1-3H3. The Bertz CT molecular complexity index is 209. The van der Waals surface area contributed by atoms with Gasteiger partial charge in [-0.25, -0.2) is 0 Å². The first-order valence-electron chi connectivity index (χ1n) is 5.15. The van der Waals surface area contributed by atoms with Crippen LogP contribution in [0, 0.1) is 0 Å². The molecular formula is C10H20BrNO2S2. The summed E-state index contributed by atoms with van der Waals surface area (Å²) in [7, 11) is 3.37. The largest absolute Gasteiger partial charge is 0.459 e. The van der Waals surface area contributed by atoms with Gasteiger partial charge in [0.2, 0.25) is 0 Å². The Labute approximate surface area is 114 Å². The predicted molar refractivity (Wildman–Crippen MR) is 77.1 cm³/mol. The minimum absolute atomic E-state index is 0.318. The third-order valence-corrected chi connectivity index (χ3v) is 4.49. The van der Waals surface area contributed by atoms with Crippen LogP contribution in [0.3, 0.4) is 0 Å². The number of ether oxygens (including phenoxy) is 1. The number of hydrogen-bond acceptors (Lipinski definition) is 5. The second kappa shape index (κ2) is 8.66. The van der Waals surface area contributed by atoms with Gasteiger partial charge in [-0.05, 0) is 27.2 Å². The molecule has 1 unspecified atom stereocenters. The van der Waals surface area contributed by atoms with Gasteiger partial charge in [-0.3, -0.25) is 4.79 Å². The van der Waals surface area contributed by atoms with Gasteiger partial charge in [-0.1, -0.05) is 37.5 Å². The van der Waals surface area contributed by atoms with Crippen molar-refractivity contribution in [3.05, 3.63) is 0 Å². The SMILES string of the molecule is CC(C)(C)OC(=O)C(N)CSSCCCBr. The molecule has 2 N–H and O–H groups in total. The Hall–Kier alpha value is 0.610. The van der Waals surface area contributed by atoms with Crippen molar-refractivity contribution in [2.75, 3.05) is 16.8 Å². The molecule has 0 saturated heterocycles. The average Bonchev–Trinajstić information content (AvgIpc) is 2.14. The summed E-state index contributed by atoms with van der Waals surface area (Å²) in [5.74, 6) is 1.35. The maximum atomic E-state index is 11.5. The highest BCUT2D eigenvalue weighted by atomic mass is 79.9. The lowest BCUT2D eigenvalue weighted by Gasteiger charge is -2.21. The molecule has 16 heavy (non-hydrogen) atoms. The molecular weight excluding hydrogens is 310 g/mol. The Morgan fingerprint density at radius 2 is 2.06 bits per heavy atom. The fraction of sp³-hybridized carbons (Fsp3) is 0.900. The summed E-state index contributed by atoms with van der Waals surface area (Å²) < 4.78 is 5.18. The van der Waals surface area contributed by atoms with E-state index in [4.69, 9.17) is 10.5 Å². The van der Waals surface area contributed by atoms with Crippen LogP contribution < -0.4 is 5.73 Å². The number of carbonyl (C=O) groups excluding carboxylic acids is 1. The Kier molecular flexibility index (Phi) is 8.99. The summed E-state index contributed by atoms with van der Waals surface area (Å²) in [6.45, 7) is 5.53. The number of esters is 1. The maximum absolute atomic E-state index is 11.5. The monoisotopic (exact) mass is 329 g/mol. The summed E-state index contributed by atoms with van der Waals surface area (Å²) in [5.41, 5.74) is 5.27. The molecule has 0 fully saturated rings. The summed E-state index contributed by atoms with van der Waals surface area (Å²) in [5, 5.41) is 1.01. The average molecular weight is 330 g/mol. The van der Waals surface area contributed by atoms with Crippen LogP contribution >= 0.6 is 37.5 Å². The number of carbonyl (C=O) groups is 1. The molecule has 0 spiro atoms. The Balaban J connectivity index is 3.64. The number of rotatable bonds is 7. The molecule has 0 aromatic rings. The molecule has 0 heterocycles. The second-order valence-corrected chi connectivity index (χ2v) is 7.71. The molecule has 3 nitrogen and oxygen atoms in total. The van der Waals surface area contributed by atoms with Crippen LogP contribution in [0.5, 0.6) is 0 Å². The highest BCUT2D eigenvalue weighted by Gasteiger charge is 2.21. The van der Waals surface area contributed by atoms with E-state index < -0.39 is 11.6 Å². The minimum atomic E-state index is -0.527. The zero-order valence-electron chi connectivity index (χ0n) is 9.99. The van der Waals surface area contributed by atoms with Gasteiger partial charge in [-0.15, -0.1) is 0 Å². The van der Waals surface area contributed by atoms with Gasteiger partial charge in [-0.2, -0.15) is 0 Å². The summed E-state index contributed by atoms with van der Waals surface area (Å²) in [4.78, 5) is 11.5. The van der Waals surface area contributed by atoms with E-state index in [9.17, 15) is 4.79 Å². The highest BCUT2D eigenvalue weighted by molar-refractivity contribution is 9.09. The van der Waals surface area contributed by atoms with Crippen LogP contribution in [0.15, 0.2) is 0 Å². The molecule has 0 aliphatic carbocycles. The number of hydrogen-bond donors (Lipinski definition) is 1. The maximum Gasteiger partial charge on any atom is 0.324 e. The lowest BCUT2D eigenvalue weighted by atomic mass is 10.2. The van der Waals surface area contributed by atoms with Crippen molar-refractivity contribution in [3.8, 4) is 0 Å². The first-order valence-corrected chi connectivity index (χ1v) is 8.76. The van der Waals surface area contributed by atoms with E-state index >= 15 is 0 Å². The predicted octanol–water partition coefficient (Wildman–Crippen LogP) is 2.82. The second-order valence-electron chi connectivity index (χ2n) is 4.29. The van der Waals surface area contributed by atoms with Gasteiger partial charge in [0.15, 0.2) is 0 Å². The number of alkyl halides is 1. The van der Waals surface area contributed by atoms with Crippen molar-refractivity contribution in [1.82, 2.24) is 0 Å². The smallest absolute Gasteiger partial charge is 0.324 e. The van der Waals surface area contributed by atoms with E-state index in [1.54, 1.807) is 21.6 Å². The molecule has 0 amide bonds. The summed E-state index contributed by atoms with van der Waals surface area (Å²) in [6, 6.07) is -0.527. The Morgan fingerprint density at radius 1 is 1.44 bits per heavy atom. The van der Waals surface area contributed by atoms with Crippen molar-refractivity contribution in [3.63, 3.8) is 0 Å². The third-order valence-electron chi connectivity index (χ3n) is 1.40. The first kappa shape index (κ1) is 16.6. The summed E-state index contributed by atoms with van der Waals surface area (Å²) >= 11 is 3.37. The topological polar surface area (TPSA) is 52.3 Å². The molecule has 6 heteroatoms. The molecule has 0 rings (SSSR count). The van der Waals surface area contributed by atoms with Crippen molar-refractivity contribution < 1.29 is 9.53 Å². The van der Waals surface area contributed by atoms with Crippen molar-refractivity contribution >= 4 is 43.5 Å². The zero-order chi connectivity index (χ0) is 12.6. The molecule has 96 valence electrons. The zero-order valence-corrected chi connectivity index (χ0v) is 13.2. The van der Waals surface area contributed by atoms with Crippen molar-refractivity contribution in [1.29, 1.82) is 0 Å². The molecule has 0 radical (unpaired) electrons. The van der Waals surface area contributed by atoms with Crippen LogP contribution in [0.25, 0.3) is 0 Å². The normalized spacial score (nSPS) is 13.6. The summed E-state index contributed by atoms with van der Waals surface area (Å²) in [6.07, 6.45) is 1.12. The van der Waals surface area contributed by atoms with Gasteiger partial charge in [0.05, 0.1) is 0 Å². The van der Waals surface area contributed by atoms with E-state index in [-0.39, 0.29) is 5.97 Å². The molecule has 0 aliphatic rings. The van der Waals surface area contributed by atoms with E-state index in [0.29, 0.717) is 5.75 Å². The molecule has 0 aromatic carbocycles. The van der Waals surface area contributed by atoms with Crippen LogP contribution in [0.1, 0.15) is 27.2 Å². The van der Waals surface area contributed by atoms with Gasteiger partial charge in [0.25, 0.3) is 0 Å². The number of nitrogens with two attached hydrogens (primary N) is 1. The fourth-order valence-corrected chi connectivity index (χ4v) is 3.59. The molecule has 1 atom stereocenters. The first-order chi connectivity index (χ1) is 7.37. The minimum Gasteiger partial charge on any atom is -0.459 e. The molecule has 0 aromatic heterocycles. The van der Waals surface area contributed by atoms with Crippen LogP contribution in [-0.2, 0) is 9.53 Å². The van der Waals surface area contributed by atoms with Gasteiger partial charge in [0, 0.05) is 16.8 Å². The van der Waals surface area contributed by atoms with Crippen LogP contribution in [-0.4, -0.2) is 34.4 Å². The Morgan fingerprint density at radius 3 is 2.56 bits per heavy atom. The van der Waals surface area contributed by atoms with Crippen LogP contribution in [0.4, 0.5) is 0 Å². The van der Waals surface area contributed by atoms with Crippen molar-refractivity contribution in [2.24, 2.45) is 5.73 Å².